The molecule has 2 aliphatic rings. The second-order valence-electron chi connectivity index (χ2n) is 4.88. The molecule has 0 aromatic rings. The highest BCUT2D eigenvalue weighted by molar-refractivity contribution is 5.84. The van der Waals surface area contributed by atoms with Crippen molar-refractivity contribution in [3.8, 4) is 0 Å². The molecule has 4 nitrogen and oxygen atoms in total. The Balaban J connectivity index is 2.23. The Morgan fingerprint density at radius 1 is 1.27 bits per heavy atom. The average Bonchev–Trinajstić information content (AvgIpc) is 2.76. The zero-order valence-corrected chi connectivity index (χ0v) is 9.23. The van der Waals surface area contributed by atoms with Crippen molar-refractivity contribution < 1.29 is 14.3 Å². The first-order valence-electron chi connectivity index (χ1n) is 5.35. The van der Waals surface area contributed by atoms with Crippen LogP contribution in [0.2, 0.25) is 0 Å². The number of carbonyl (C=O) groups excluding carboxylic acids is 2. The fourth-order valence-corrected chi connectivity index (χ4v) is 2.93. The predicted octanol–water partition coefficient (Wildman–Crippen LogP) is 0.111. The molecule has 0 aromatic heterocycles. The molecular formula is C11H17NO3. The highest BCUT2D eigenvalue weighted by Crippen LogP contribution is 2.62. The first-order chi connectivity index (χ1) is 7.11. The smallest absolute Gasteiger partial charge is 0.141 e. The van der Waals surface area contributed by atoms with Gasteiger partial charge in [0, 0.05) is 24.4 Å². The summed E-state index contributed by atoms with van der Waals surface area (Å²) >= 11 is 0. The second kappa shape index (κ2) is 3.39. The van der Waals surface area contributed by atoms with E-state index in [4.69, 9.17) is 4.74 Å². The number of ether oxygens (including phenoxy) is 1. The molecule has 2 fully saturated rings. The molecule has 2 unspecified atom stereocenters. The minimum absolute atomic E-state index is 0.166. The summed E-state index contributed by atoms with van der Waals surface area (Å²) in [5.41, 5.74) is -0.799. The highest BCUT2D eigenvalue weighted by atomic mass is 16.5. The van der Waals surface area contributed by atoms with Crippen LogP contribution in [-0.4, -0.2) is 49.3 Å². The molecule has 0 amide bonds. The predicted molar refractivity (Wildman–Crippen MR) is 54.5 cm³/mol. The van der Waals surface area contributed by atoms with Gasteiger partial charge >= 0.3 is 0 Å². The zero-order valence-electron chi connectivity index (χ0n) is 9.23. The van der Waals surface area contributed by atoms with Gasteiger partial charge in [-0.1, -0.05) is 13.8 Å². The van der Waals surface area contributed by atoms with Crippen LogP contribution in [0.4, 0.5) is 0 Å². The van der Waals surface area contributed by atoms with Gasteiger partial charge in [0.25, 0.3) is 0 Å². The number of rotatable bonds is 3. The largest absolute Gasteiger partial charge is 0.379 e. The minimum Gasteiger partial charge on any atom is -0.379 e. The molecule has 1 aliphatic carbocycles. The Labute approximate surface area is 89.6 Å². The molecule has 1 saturated heterocycles. The van der Waals surface area contributed by atoms with Gasteiger partial charge in [0.2, 0.25) is 0 Å². The molecular weight excluding hydrogens is 194 g/mol. The van der Waals surface area contributed by atoms with Crippen molar-refractivity contribution in [2.75, 3.05) is 26.3 Å². The van der Waals surface area contributed by atoms with Gasteiger partial charge in [-0.15, -0.1) is 0 Å². The molecule has 84 valence electrons. The lowest BCUT2D eigenvalue weighted by Crippen LogP contribution is -2.49. The van der Waals surface area contributed by atoms with Crippen LogP contribution in [0.5, 0.6) is 0 Å². The van der Waals surface area contributed by atoms with Crippen molar-refractivity contribution >= 4 is 12.6 Å². The summed E-state index contributed by atoms with van der Waals surface area (Å²) in [6.07, 6.45) is 1.88. The number of morpholine rings is 1. The van der Waals surface area contributed by atoms with E-state index in [9.17, 15) is 9.59 Å². The minimum atomic E-state index is -0.571. The van der Waals surface area contributed by atoms with Gasteiger partial charge in [-0.25, -0.2) is 0 Å². The lowest BCUT2D eigenvalue weighted by molar-refractivity contribution is -0.120. The highest BCUT2D eigenvalue weighted by Gasteiger charge is 2.74. The molecule has 2 atom stereocenters. The number of hydrogen-bond acceptors (Lipinski definition) is 4. The maximum absolute atomic E-state index is 11.3. The quantitative estimate of drug-likeness (QED) is 0.622. The summed E-state index contributed by atoms with van der Waals surface area (Å²) < 4.78 is 5.26. The molecule has 1 saturated carbocycles. The van der Waals surface area contributed by atoms with E-state index in [1.807, 2.05) is 13.8 Å². The Morgan fingerprint density at radius 3 is 2.27 bits per heavy atom. The van der Waals surface area contributed by atoms with E-state index in [2.05, 4.69) is 4.90 Å². The van der Waals surface area contributed by atoms with Gasteiger partial charge in [-0.05, 0) is 0 Å². The second-order valence-corrected chi connectivity index (χ2v) is 4.88. The van der Waals surface area contributed by atoms with E-state index >= 15 is 0 Å². The summed E-state index contributed by atoms with van der Waals surface area (Å²) in [5, 5.41) is 0. The number of nitrogens with zero attached hydrogens (tertiary/aromatic N) is 1. The summed E-state index contributed by atoms with van der Waals surface area (Å²) in [4.78, 5) is 24.4. The van der Waals surface area contributed by atoms with E-state index in [-0.39, 0.29) is 11.3 Å². The molecule has 2 rings (SSSR count). The van der Waals surface area contributed by atoms with Crippen molar-refractivity contribution in [3.63, 3.8) is 0 Å². The molecule has 1 aliphatic heterocycles. The summed E-state index contributed by atoms with van der Waals surface area (Å²) in [7, 11) is 0. The fourth-order valence-electron chi connectivity index (χ4n) is 2.93. The van der Waals surface area contributed by atoms with Crippen LogP contribution in [0.25, 0.3) is 0 Å². The molecule has 0 bridgehead atoms. The van der Waals surface area contributed by atoms with Crippen molar-refractivity contribution in [1.29, 1.82) is 0 Å². The van der Waals surface area contributed by atoms with Crippen molar-refractivity contribution in [2.24, 2.45) is 11.3 Å². The van der Waals surface area contributed by atoms with Crippen LogP contribution < -0.4 is 0 Å². The van der Waals surface area contributed by atoms with E-state index in [0.717, 1.165) is 25.7 Å². The fraction of sp³-hybridized carbons (Fsp3) is 0.818. The third kappa shape index (κ3) is 1.21. The Kier molecular flexibility index (Phi) is 2.43. The Bertz CT molecular complexity index is 284. The summed E-state index contributed by atoms with van der Waals surface area (Å²) in [5.74, 6) is -0.166. The van der Waals surface area contributed by atoms with Crippen LogP contribution in [0.15, 0.2) is 0 Å². The molecule has 0 N–H and O–H groups in total. The molecule has 1 heterocycles. The topological polar surface area (TPSA) is 46.6 Å². The standard InChI is InChI=1S/C11H17NO3/c1-10(2)9(7-13)11(10,8-14)12-3-5-15-6-4-12/h7-9H,3-6H2,1-2H3. The Hall–Kier alpha value is -0.740. The number of carbonyl (C=O) groups is 2. The molecule has 15 heavy (non-hydrogen) atoms. The SMILES string of the molecule is CC1(C)C(C=O)C1(C=O)N1CCOCC1. The molecule has 4 heteroatoms. The molecule has 0 spiro atoms. The Morgan fingerprint density at radius 2 is 1.87 bits per heavy atom. The van der Waals surface area contributed by atoms with E-state index in [1.54, 1.807) is 0 Å². The molecule has 0 aromatic carbocycles. The van der Waals surface area contributed by atoms with Crippen LogP contribution >= 0.6 is 0 Å². The van der Waals surface area contributed by atoms with E-state index in [1.165, 1.54) is 0 Å². The first-order valence-corrected chi connectivity index (χ1v) is 5.35. The monoisotopic (exact) mass is 211 g/mol. The third-order valence-corrected chi connectivity index (χ3v) is 4.05. The van der Waals surface area contributed by atoms with Crippen molar-refractivity contribution in [2.45, 2.75) is 19.4 Å². The van der Waals surface area contributed by atoms with Crippen LogP contribution in [-0.2, 0) is 14.3 Å². The lowest BCUT2D eigenvalue weighted by atomic mass is 10.0. The summed E-state index contributed by atoms with van der Waals surface area (Å²) in [6, 6.07) is 0. The van der Waals surface area contributed by atoms with E-state index < -0.39 is 5.54 Å². The van der Waals surface area contributed by atoms with Gasteiger partial charge in [0.15, 0.2) is 0 Å². The van der Waals surface area contributed by atoms with Gasteiger partial charge < -0.3 is 14.3 Å². The van der Waals surface area contributed by atoms with Crippen molar-refractivity contribution in [3.05, 3.63) is 0 Å². The lowest BCUT2D eigenvalue weighted by Gasteiger charge is -2.33. The molecule has 0 radical (unpaired) electrons. The van der Waals surface area contributed by atoms with Crippen molar-refractivity contribution in [1.82, 2.24) is 4.90 Å². The zero-order chi connectivity index (χ0) is 11.1. The maximum Gasteiger partial charge on any atom is 0.141 e. The first kappa shape index (κ1) is 10.8. The summed E-state index contributed by atoms with van der Waals surface area (Å²) in [6.45, 7) is 6.75. The van der Waals surface area contributed by atoms with Gasteiger partial charge in [0.05, 0.1) is 18.8 Å². The normalized spacial score (nSPS) is 39.7. The van der Waals surface area contributed by atoms with E-state index in [0.29, 0.717) is 13.2 Å². The van der Waals surface area contributed by atoms with Gasteiger partial charge in [-0.3, -0.25) is 4.90 Å². The number of aldehydes is 2. The maximum atomic E-state index is 11.3. The van der Waals surface area contributed by atoms with Crippen LogP contribution in [0, 0.1) is 11.3 Å². The van der Waals surface area contributed by atoms with Crippen LogP contribution in [0.1, 0.15) is 13.8 Å². The van der Waals surface area contributed by atoms with Gasteiger partial charge in [0.1, 0.15) is 12.6 Å². The average molecular weight is 211 g/mol. The van der Waals surface area contributed by atoms with Crippen LogP contribution in [0.3, 0.4) is 0 Å². The van der Waals surface area contributed by atoms with Gasteiger partial charge in [-0.2, -0.15) is 0 Å². The number of hydrogen-bond donors (Lipinski definition) is 0. The third-order valence-electron chi connectivity index (χ3n) is 4.05.